The third kappa shape index (κ3) is 6.59. The van der Waals surface area contributed by atoms with E-state index in [1.807, 2.05) is 0 Å². The number of hydrogen-bond acceptors (Lipinski definition) is 3. The van der Waals surface area contributed by atoms with Crippen LogP contribution < -0.4 is 5.73 Å². The number of hydrogen-bond donors (Lipinski definition) is 3. The summed E-state index contributed by atoms with van der Waals surface area (Å²) in [6.45, 7) is 1.85. The molecule has 0 heterocycles. The van der Waals surface area contributed by atoms with E-state index in [4.69, 9.17) is 5.73 Å². The van der Waals surface area contributed by atoms with Gasteiger partial charge in [-0.15, -0.1) is 12.4 Å². The van der Waals surface area contributed by atoms with Crippen molar-refractivity contribution in [2.45, 2.75) is 57.4 Å². The average molecular weight is 366 g/mol. The average Bonchev–Trinajstić information content (AvgIpc) is 2.63. The van der Waals surface area contributed by atoms with Gasteiger partial charge in [-0.25, -0.2) is 0 Å². The Morgan fingerprint density at radius 3 is 1.92 bits per heavy atom. The molecule has 4 heteroatoms. The Balaban J connectivity index is 0.00000312. The minimum atomic E-state index is -0.892. The van der Waals surface area contributed by atoms with Gasteiger partial charge < -0.3 is 15.9 Å². The van der Waals surface area contributed by atoms with Crippen molar-refractivity contribution >= 4 is 23.2 Å². The first kappa shape index (κ1) is 21.9. The Morgan fingerprint density at radius 1 is 0.840 bits per heavy atom. The molecule has 2 aromatic carbocycles. The molecule has 0 fully saturated rings. The van der Waals surface area contributed by atoms with Crippen LogP contribution in [0.15, 0.2) is 36.4 Å². The Kier molecular flexibility index (Phi) is 9.44. The van der Waals surface area contributed by atoms with Gasteiger partial charge in [0.2, 0.25) is 0 Å². The standard InChI is InChI=1S/C21H31NO2.ClH/c1-2-3-4-5-6-17-7-9-20-14-18(8-10-19(20)13-17)11-12-21(22,15-23)16-24;/h7-10,13-14,23-24H,2-6,11-12,15-16,22H2,1H3;1H. The van der Waals surface area contributed by atoms with Gasteiger partial charge in [0.25, 0.3) is 0 Å². The van der Waals surface area contributed by atoms with E-state index in [2.05, 4.69) is 43.3 Å². The van der Waals surface area contributed by atoms with Crippen LogP contribution in [0.3, 0.4) is 0 Å². The molecule has 0 aliphatic heterocycles. The minimum absolute atomic E-state index is 0. The minimum Gasteiger partial charge on any atom is -0.394 e. The summed E-state index contributed by atoms with van der Waals surface area (Å²) < 4.78 is 0. The lowest BCUT2D eigenvalue weighted by atomic mass is 9.93. The molecule has 0 atom stereocenters. The Bertz CT molecular complexity index is 641. The SMILES string of the molecule is CCCCCCc1ccc2cc(CCC(N)(CO)CO)ccc2c1.Cl. The molecule has 0 saturated heterocycles. The van der Waals surface area contributed by atoms with Gasteiger partial charge in [-0.2, -0.15) is 0 Å². The van der Waals surface area contributed by atoms with Gasteiger partial charge >= 0.3 is 0 Å². The molecule has 0 aliphatic carbocycles. The van der Waals surface area contributed by atoms with E-state index in [0.717, 1.165) is 12.8 Å². The van der Waals surface area contributed by atoms with Crippen LogP contribution >= 0.6 is 12.4 Å². The van der Waals surface area contributed by atoms with E-state index < -0.39 is 5.54 Å². The highest BCUT2D eigenvalue weighted by Gasteiger charge is 2.22. The lowest BCUT2D eigenvalue weighted by Crippen LogP contribution is -2.47. The lowest BCUT2D eigenvalue weighted by molar-refractivity contribution is 0.115. The predicted molar refractivity (Wildman–Crippen MR) is 108 cm³/mol. The fourth-order valence-corrected chi connectivity index (χ4v) is 3.01. The molecule has 2 rings (SSSR count). The molecule has 0 spiro atoms. The molecule has 0 unspecified atom stereocenters. The van der Waals surface area contributed by atoms with Gasteiger partial charge in [0, 0.05) is 0 Å². The van der Waals surface area contributed by atoms with Crippen molar-refractivity contribution in [1.82, 2.24) is 0 Å². The number of aliphatic hydroxyl groups is 2. The zero-order chi connectivity index (χ0) is 17.4. The summed E-state index contributed by atoms with van der Waals surface area (Å²) in [7, 11) is 0. The molecule has 3 nitrogen and oxygen atoms in total. The summed E-state index contributed by atoms with van der Waals surface area (Å²) in [4.78, 5) is 0. The number of nitrogens with two attached hydrogens (primary N) is 1. The van der Waals surface area contributed by atoms with E-state index in [-0.39, 0.29) is 25.6 Å². The largest absolute Gasteiger partial charge is 0.394 e. The zero-order valence-electron chi connectivity index (χ0n) is 15.2. The lowest BCUT2D eigenvalue weighted by Gasteiger charge is -2.24. The topological polar surface area (TPSA) is 66.5 Å². The van der Waals surface area contributed by atoms with Crippen LogP contribution in [0.25, 0.3) is 10.8 Å². The van der Waals surface area contributed by atoms with Crippen molar-refractivity contribution in [3.05, 3.63) is 47.5 Å². The molecule has 0 aromatic heterocycles. The number of aryl methyl sites for hydroxylation is 2. The molecule has 25 heavy (non-hydrogen) atoms. The highest BCUT2D eigenvalue weighted by atomic mass is 35.5. The molecular formula is C21H32ClNO2. The van der Waals surface area contributed by atoms with Crippen molar-refractivity contribution in [2.24, 2.45) is 5.73 Å². The van der Waals surface area contributed by atoms with Gasteiger partial charge in [0.1, 0.15) is 0 Å². The molecule has 0 bridgehead atoms. The normalized spacial score (nSPS) is 11.5. The van der Waals surface area contributed by atoms with Crippen LogP contribution in [-0.2, 0) is 12.8 Å². The number of rotatable bonds is 10. The number of benzene rings is 2. The van der Waals surface area contributed by atoms with Crippen molar-refractivity contribution in [3.63, 3.8) is 0 Å². The van der Waals surface area contributed by atoms with Gasteiger partial charge in [-0.1, -0.05) is 62.6 Å². The number of aliphatic hydroxyl groups excluding tert-OH is 2. The summed E-state index contributed by atoms with van der Waals surface area (Å²) >= 11 is 0. The second-order valence-electron chi connectivity index (χ2n) is 7.01. The van der Waals surface area contributed by atoms with Crippen LogP contribution in [0.4, 0.5) is 0 Å². The van der Waals surface area contributed by atoms with Gasteiger partial charge in [-0.3, -0.25) is 0 Å². The van der Waals surface area contributed by atoms with Crippen molar-refractivity contribution in [3.8, 4) is 0 Å². The highest BCUT2D eigenvalue weighted by molar-refractivity contribution is 5.85. The summed E-state index contributed by atoms with van der Waals surface area (Å²) in [5.41, 5.74) is 7.65. The van der Waals surface area contributed by atoms with Gasteiger partial charge in [0.15, 0.2) is 0 Å². The monoisotopic (exact) mass is 365 g/mol. The maximum absolute atomic E-state index is 9.29. The number of unbranched alkanes of at least 4 members (excludes halogenated alkanes) is 3. The smallest absolute Gasteiger partial charge is 0.0633 e. The second kappa shape index (κ2) is 10.8. The molecular weight excluding hydrogens is 334 g/mol. The van der Waals surface area contributed by atoms with Crippen LogP contribution in [0.1, 0.15) is 50.2 Å². The number of fused-ring (bicyclic) bond motifs is 1. The van der Waals surface area contributed by atoms with Crippen LogP contribution in [-0.4, -0.2) is 29.0 Å². The molecule has 0 saturated carbocycles. The third-order valence-corrected chi connectivity index (χ3v) is 4.83. The zero-order valence-corrected chi connectivity index (χ0v) is 16.0. The summed E-state index contributed by atoms with van der Waals surface area (Å²) in [5, 5.41) is 21.1. The molecule has 2 aromatic rings. The molecule has 4 N–H and O–H groups in total. The summed E-state index contributed by atoms with van der Waals surface area (Å²) in [6.07, 6.45) is 7.65. The van der Waals surface area contributed by atoms with Crippen molar-refractivity contribution in [1.29, 1.82) is 0 Å². The van der Waals surface area contributed by atoms with Crippen LogP contribution in [0, 0.1) is 0 Å². The first-order valence-corrected chi connectivity index (χ1v) is 9.12. The summed E-state index contributed by atoms with van der Waals surface area (Å²) in [6, 6.07) is 13.2. The highest BCUT2D eigenvalue weighted by Crippen LogP contribution is 2.21. The van der Waals surface area contributed by atoms with E-state index in [1.54, 1.807) is 0 Å². The Morgan fingerprint density at radius 2 is 1.40 bits per heavy atom. The third-order valence-electron chi connectivity index (χ3n) is 4.83. The fourth-order valence-electron chi connectivity index (χ4n) is 3.01. The quantitative estimate of drug-likeness (QED) is 0.557. The van der Waals surface area contributed by atoms with Crippen molar-refractivity contribution < 1.29 is 10.2 Å². The Labute approximate surface area is 157 Å². The van der Waals surface area contributed by atoms with Crippen LogP contribution in [0.2, 0.25) is 0 Å². The second-order valence-corrected chi connectivity index (χ2v) is 7.01. The molecule has 0 aliphatic rings. The maximum atomic E-state index is 9.29. The Hall–Kier alpha value is -1.13. The van der Waals surface area contributed by atoms with E-state index in [0.29, 0.717) is 6.42 Å². The first-order chi connectivity index (χ1) is 11.6. The van der Waals surface area contributed by atoms with Crippen LogP contribution in [0.5, 0.6) is 0 Å². The molecule has 0 radical (unpaired) electrons. The van der Waals surface area contributed by atoms with E-state index in [1.165, 1.54) is 47.6 Å². The fraction of sp³-hybridized carbons (Fsp3) is 0.524. The van der Waals surface area contributed by atoms with Gasteiger partial charge in [-0.05, 0) is 47.6 Å². The van der Waals surface area contributed by atoms with Gasteiger partial charge in [0.05, 0.1) is 18.8 Å². The predicted octanol–water partition coefficient (Wildman–Crippen LogP) is 4.00. The molecule has 0 amide bonds. The number of halogens is 1. The summed E-state index contributed by atoms with van der Waals surface area (Å²) in [5.74, 6) is 0. The van der Waals surface area contributed by atoms with E-state index in [9.17, 15) is 10.2 Å². The molecule has 140 valence electrons. The van der Waals surface area contributed by atoms with Crippen molar-refractivity contribution in [2.75, 3.05) is 13.2 Å². The van der Waals surface area contributed by atoms with E-state index >= 15 is 0 Å². The first-order valence-electron chi connectivity index (χ1n) is 9.12. The maximum Gasteiger partial charge on any atom is 0.0633 e.